The van der Waals surface area contributed by atoms with E-state index in [-0.39, 0.29) is 17.1 Å². The smallest absolute Gasteiger partial charge is 0.325 e. The largest absolute Gasteiger partial charge is 0.497 e. The number of rotatable bonds is 7. The van der Waals surface area contributed by atoms with Crippen molar-refractivity contribution in [2.75, 3.05) is 26.1 Å². The van der Waals surface area contributed by atoms with Crippen molar-refractivity contribution in [1.82, 2.24) is 10.2 Å². The van der Waals surface area contributed by atoms with Gasteiger partial charge in [0, 0.05) is 6.07 Å². The SMILES string of the molecule is COc1ccc(C2(C)NC(=O)N(CC(=O)Nc3ccc([N+](=O)[O-])cc3OC)C2=O)cc1. The van der Waals surface area contributed by atoms with Crippen LogP contribution >= 0.6 is 0 Å². The molecule has 3 rings (SSSR count). The van der Waals surface area contributed by atoms with Crippen LogP contribution in [0, 0.1) is 10.1 Å². The monoisotopic (exact) mass is 428 g/mol. The fourth-order valence-electron chi connectivity index (χ4n) is 3.19. The zero-order chi connectivity index (χ0) is 22.8. The second-order valence-corrected chi connectivity index (χ2v) is 6.86. The lowest BCUT2D eigenvalue weighted by atomic mass is 9.92. The van der Waals surface area contributed by atoms with E-state index in [1.807, 2.05) is 0 Å². The summed E-state index contributed by atoms with van der Waals surface area (Å²) in [5.74, 6) is -0.594. The Morgan fingerprint density at radius 3 is 2.42 bits per heavy atom. The van der Waals surface area contributed by atoms with Crippen LogP contribution in [0.1, 0.15) is 12.5 Å². The van der Waals surface area contributed by atoms with Crippen LogP contribution < -0.4 is 20.1 Å². The average Bonchev–Trinajstić information content (AvgIpc) is 2.97. The molecule has 1 atom stereocenters. The maximum atomic E-state index is 13.0. The van der Waals surface area contributed by atoms with Gasteiger partial charge in [0.2, 0.25) is 5.91 Å². The van der Waals surface area contributed by atoms with Crippen molar-refractivity contribution in [3.63, 3.8) is 0 Å². The minimum Gasteiger partial charge on any atom is -0.497 e. The first kappa shape index (κ1) is 21.6. The Kier molecular flexibility index (Phi) is 5.77. The topological polar surface area (TPSA) is 140 Å². The highest BCUT2D eigenvalue weighted by Gasteiger charge is 2.49. The molecule has 0 aliphatic carbocycles. The number of amides is 4. The predicted molar refractivity (Wildman–Crippen MR) is 109 cm³/mol. The van der Waals surface area contributed by atoms with Crippen LogP contribution in [0.5, 0.6) is 11.5 Å². The Labute approximate surface area is 177 Å². The molecular weight excluding hydrogens is 408 g/mol. The lowest BCUT2D eigenvalue weighted by molar-refractivity contribution is -0.384. The van der Waals surface area contributed by atoms with Crippen LogP contribution in [0.15, 0.2) is 42.5 Å². The van der Waals surface area contributed by atoms with Crippen molar-refractivity contribution >= 4 is 29.2 Å². The number of nitrogens with zero attached hydrogens (tertiary/aromatic N) is 2. The van der Waals surface area contributed by atoms with Crippen LogP contribution in [0.3, 0.4) is 0 Å². The van der Waals surface area contributed by atoms with Crippen LogP contribution in [0.2, 0.25) is 0 Å². The van der Waals surface area contributed by atoms with Gasteiger partial charge in [0.05, 0.1) is 30.9 Å². The van der Waals surface area contributed by atoms with E-state index in [9.17, 15) is 24.5 Å². The van der Waals surface area contributed by atoms with Crippen LogP contribution in [0.25, 0.3) is 0 Å². The van der Waals surface area contributed by atoms with E-state index in [1.54, 1.807) is 31.2 Å². The second-order valence-electron chi connectivity index (χ2n) is 6.86. The minimum absolute atomic E-state index is 0.0721. The summed E-state index contributed by atoms with van der Waals surface area (Å²) in [4.78, 5) is 49.0. The van der Waals surface area contributed by atoms with E-state index in [2.05, 4.69) is 10.6 Å². The summed E-state index contributed by atoms with van der Waals surface area (Å²) < 4.78 is 10.2. The third-order valence-corrected chi connectivity index (χ3v) is 4.91. The third kappa shape index (κ3) is 4.10. The number of carbonyl (C=O) groups is 3. The zero-order valence-electron chi connectivity index (χ0n) is 17.0. The van der Waals surface area contributed by atoms with Gasteiger partial charge in [0.1, 0.15) is 23.6 Å². The van der Waals surface area contributed by atoms with E-state index in [0.717, 1.165) is 11.0 Å². The van der Waals surface area contributed by atoms with E-state index < -0.39 is 34.9 Å². The van der Waals surface area contributed by atoms with E-state index in [4.69, 9.17) is 9.47 Å². The summed E-state index contributed by atoms with van der Waals surface area (Å²) in [5.41, 5.74) is -0.844. The average molecular weight is 428 g/mol. The van der Waals surface area contributed by atoms with Gasteiger partial charge in [-0.3, -0.25) is 24.6 Å². The van der Waals surface area contributed by atoms with Gasteiger partial charge in [-0.25, -0.2) is 4.79 Å². The molecule has 162 valence electrons. The summed E-state index contributed by atoms with van der Waals surface area (Å²) in [7, 11) is 2.81. The Morgan fingerprint density at radius 2 is 1.84 bits per heavy atom. The van der Waals surface area contributed by atoms with Crippen LogP contribution in [-0.4, -0.2) is 48.4 Å². The molecule has 1 aliphatic rings. The Balaban J connectivity index is 1.75. The molecule has 1 fully saturated rings. The number of benzene rings is 2. The minimum atomic E-state index is -1.34. The van der Waals surface area contributed by atoms with Crippen LogP contribution in [-0.2, 0) is 15.1 Å². The molecule has 0 aromatic heterocycles. The lowest BCUT2D eigenvalue weighted by Crippen LogP contribution is -2.42. The number of nitro groups is 1. The Bertz CT molecular complexity index is 1050. The first-order valence-corrected chi connectivity index (χ1v) is 9.10. The molecular formula is C20H20N4O7. The van der Waals surface area contributed by atoms with Crippen molar-refractivity contribution < 1.29 is 28.8 Å². The molecule has 11 heteroatoms. The van der Waals surface area contributed by atoms with E-state index in [1.165, 1.54) is 26.4 Å². The number of methoxy groups -OCH3 is 2. The van der Waals surface area contributed by atoms with Crippen molar-refractivity contribution in [3.8, 4) is 11.5 Å². The van der Waals surface area contributed by atoms with Crippen molar-refractivity contribution in [2.45, 2.75) is 12.5 Å². The quantitative estimate of drug-likeness (QED) is 0.390. The zero-order valence-corrected chi connectivity index (χ0v) is 17.0. The van der Waals surface area contributed by atoms with Gasteiger partial charge in [0.25, 0.3) is 11.6 Å². The van der Waals surface area contributed by atoms with E-state index >= 15 is 0 Å². The van der Waals surface area contributed by atoms with Gasteiger partial charge in [0.15, 0.2) is 0 Å². The van der Waals surface area contributed by atoms with E-state index in [0.29, 0.717) is 11.3 Å². The summed E-state index contributed by atoms with van der Waals surface area (Å²) in [6, 6.07) is 9.59. The molecule has 0 saturated carbocycles. The molecule has 1 saturated heterocycles. The van der Waals surface area contributed by atoms with Gasteiger partial charge in [-0.15, -0.1) is 0 Å². The standard InChI is InChI=1S/C20H20N4O7/c1-20(12-4-7-14(30-2)8-5-12)18(26)23(19(27)22-20)11-17(25)21-15-9-6-13(24(28)29)10-16(15)31-3/h4-10H,11H2,1-3H3,(H,21,25)(H,22,27). The first-order chi connectivity index (χ1) is 14.7. The first-order valence-electron chi connectivity index (χ1n) is 9.10. The van der Waals surface area contributed by atoms with Gasteiger partial charge < -0.3 is 20.1 Å². The Morgan fingerprint density at radius 1 is 1.16 bits per heavy atom. The molecule has 0 radical (unpaired) electrons. The number of hydrogen-bond acceptors (Lipinski definition) is 7. The summed E-state index contributed by atoms with van der Waals surface area (Å²) in [5, 5.41) is 16.0. The number of anilines is 1. The maximum Gasteiger partial charge on any atom is 0.325 e. The molecule has 2 N–H and O–H groups in total. The summed E-state index contributed by atoms with van der Waals surface area (Å²) >= 11 is 0. The molecule has 1 unspecified atom stereocenters. The second kappa shape index (κ2) is 8.30. The number of hydrogen-bond donors (Lipinski definition) is 2. The van der Waals surface area contributed by atoms with Gasteiger partial charge in [-0.2, -0.15) is 0 Å². The number of nitro benzene ring substituents is 1. The number of imide groups is 1. The molecule has 11 nitrogen and oxygen atoms in total. The van der Waals surface area contributed by atoms with Crippen LogP contribution in [0.4, 0.5) is 16.2 Å². The van der Waals surface area contributed by atoms with Crippen molar-refractivity contribution in [3.05, 3.63) is 58.1 Å². The predicted octanol–water partition coefficient (Wildman–Crippen LogP) is 2.02. The maximum absolute atomic E-state index is 13.0. The molecule has 0 spiro atoms. The molecule has 31 heavy (non-hydrogen) atoms. The number of urea groups is 1. The van der Waals surface area contributed by atoms with Gasteiger partial charge in [-0.1, -0.05) is 12.1 Å². The molecule has 2 aromatic rings. The molecule has 2 aromatic carbocycles. The van der Waals surface area contributed by atoms with Crippen molar-refractivity contribution in [2.24, 2.45) is 0 Å². The highest BCUT2D eigenvalue weighted by Crippen LogP contribution is 2.31. The summed E-state index contributed by atoms with van der Waals surface area (Å²) in [6.07, 6.45) is 0. The molecule has 1 aliphatic heterocycles. The number of nitrogens with one attached hydrogen (secondary N) is 2. The number of ether oxygens (including phenoxy) is 2. The third-order valence-electron chi connectivity index (χ3n) is 4.91. The molecule has 1 heterocycles. The van der Waals surface area contributed by atoms with Gasteiger partial charge >= 0.3 is 6.03 Å². The lowest BCUT2D eigenvalue weighted by Gasteiger charge is -2.22. The fraction of sp³-hybridized carbons (Fsp3) is 0.250. The summed E-state index contributed by atoms with van der Waals surface area (Å²) in [6.45, 7) is 1.00. The van der Waals surface area contributed by atoms with Gasteiger partial charge in [-0.05, 0) is 30.7 Å². The fourth-order valence-corrected chi connectivity index (χ4v) is 3.19. The molecule has 0 bridgehead atoms. The number of non-ortho nitro benzene ring substituents is 1. The normalized spacial score (nSPS) is 17.8. The highest BCUT2D eigenvalue weighted by molar-refractivity contribution is 6.10. The molecule has 4 amide bonds. The van der Waals surface area contributed by atoms with Crippen molar-refractivity contribution in [1.29, 1.82) is 0 Å². The highest BCUT2D eigenvalue weighted by atomic mass is 16.6. The number of carbonyl (C=O) groups excluding carboxylic acids is 3. The Hall–Kier alpha value is -4.15.